The van der Waals surface area contributed by atoms with Crippen LogP contribution >= 0.6 is 11.6 Å². The third-order valence-electron chi connectivity index (χ3n) is 3.27. The maximum Gasteiger partial charge on any atom is 0.416 e. The molecule has 0 aliphatic heterocycles. The van der Waals surface area contributed by atoms with Crippen LogP contribution in [0.15, 0.2) is 18.2 Å². The van der Waals surface area contributed by atoms with E-state index in [1.165, 1.54) is 6.07 Å². The van der Waals surface area contributed by atoms with E-state index < -0.39 is 11.7 Å². The minimum Gasteiger partial charge on any atom is -0.489 e. The zero-order chi connectivity index (χ0) is 14.0. The second kappa shape index (κ2) is 5.59. The molecule has 1 aromatic carbocycles. The van der Waals surface area contributed by atoms with Crippen LogP contribution in [0.2, 0.25) is 5.02 Å². The van der Waals surface area contributed by atoms with Crippen LogP contribution in [-0.4, -0.2) is 12.1 Å². The average Bonchev–Trinajstić information content (AvgIpc) is 2.33. The minimum absolute atomic E-state index is 0.0944. The van der Waals surface area contributed by atoms with E-state index in [2.05, 4.69) is 0 Å². The quantitative estimate of drug-likeness (QED) is 0.894. The molecule has 1 aliphatic rings. The fourth-order valence-corrected chi connectivity index (χ4v) is 2.32. The van der Waals surface area contributed by atoms with Crippen molar-refractivity contribution in [3.05, 3.63) is 28.8 Å². The standard InChI is InChI=1S/C13H15ClF3NO/c14-11-6-1-8(13(15,16)17)7-12(11)19-10-4-2-9(18)3-5-10/h1,6-7,9-10H,2-5,18H2. The summed E-state index contributed by atoms with van der Waals surface area (Å²) in [4.78, 5) is 0. The second-order valence-electron chi connectivity index (χ2n) is 4.80. The Hall–Kier alpha value is -0.940. The molecule has 0 atom stereocenters. The maximum absolute atomic E-state index is 12.6. The summed E-state index contributed by atoms with van der Waals surface area (Å²) in [5, 5.41) is 0.197. The Morgan fingerprint density at radius 2 is 1.79 bits per heavy atom. The van der Waals surface area contributed by atoms with Crippen molar-refractivity contribution < 1.29 is 17.9 Å². The summed E-state index contributed by atoms with van der Waals surface area (Å²) in [5.74, 6) is 0.0944. The Balaban J connectivity index is 2.11. The molecule has 0 aromatic heterocycles. The summed E-state index contributed by atoms with van der Waals surface area (Å²) >= 11 is 5.88. The molecule has 1 aromatic rings. The molecule has 0 heterocycles. The summed E-state index contributed by atoms with van der Waals surface area (Å²) in [6.45, 7) is 0. The number of rotatable bonds is 2. The molecule has 19 heavy (non-hydrogen) atoms. The summed E-state index contributed by atoms with van der Waals surface area (Å²) < 4.78 is 43.4. The molecule has 0 saturated heterocycles. The lowest BCUT2D eigenvalue weighted by Gasteiger charge is -2.27. The normalized spacial score (nSPS) is 24.3. The number of ether oxygens (including phenoxy) is 1. The molecule has 2 nitrogen and oxygen atoms in total. The Morgan fingerprint density at radius 3 is 2.37 bits per heavy atom. The fraction of sp³-hybridized carbons (Fsp3) is 0.538. The van der Waals surface area contributed by atoms with Gasteiger partial charge in [-0.15, -0.1) is 0 Å². The fourth-order valence-electron chi connectivity index (χ4n) is 2.16. The van der Waals surface area contributed by atoms with Crippen LogP contribution in [0.1, 0.15) is 31.2 Å². The van der Waals surface area contributed by atoms with E-state index in [0.29, 0.717) is 0 Å². The van der Waals surface area contributed by atoms with Crippen molar-refractivity contribution in [1.82, 2.24) is 0 Å². The Morgan fingerprint density at radius 1 is 1.16 bits per heavy atom. The molecular formula is C13H15ClF3NO. The molecule has 0 unspecified atom stereocenters. The zero-order valence-corrected chi connectivity index (χ0v) is 11.0. The first-order chi connectivity index (χ1) is 8.86. The van der Waals surface area contributed by atoms with E-state index in [4.69, 9.17) is 22.1 Å². The highest BCUT2D eigenvalue weighted by Crippen LogP contribution is 2.36. The molecule has 0 amide bonds. The predicted molar refractivity (Wildman–Crippen MR) is 67.3 cm³/mol. The summed E-state index contributed by atoms with van der Waals surface area (Å²) in [6.07, 6.45) is -1.37. The van der Waals surface area contributed by atoms with Crippen LogP contribution < -0.4 is 10.5 Å². The van der Waals surface area contributed by atoms with Gasteiger partial charge in [0.1, 0.15) is 5.75 Å². The Kier molecular flexibility index (Phi) is 4.26. The van der Waals surface area contributed by atoms with Crippen molar-refractivity contribution in [2.75, 3.05) is 0 Å². The molecule has 0 bridgehead atoms. The molecule has 1 saturated carbocycles. The summed E-state index contributed by atoms with van der Waals surface area (Å²) in [7, 11) is 0. The summed E-state index contributed by atoms with van der Waals surface area (Å²) in [5.41, 5.74) is 5.02. The van der Waals surface area contributed by atoms with Crippen LogP contribution in [0.4, 0.5) is 13.2 Å². The minimum atomic E-state index is -4.39. The Labute approximate surface area is 114 Å². The van der Waals surface area contributed by atoms with Crippen LogP contribution in [0.5, 0.6) is 5.75 Å². The van der Waals surface area contributed by atoms with Gasteiger partial charge in [-0.25, -0.2) is 0 Å². The van der Waals surface area contributed by atoms with Crippen LogP contribution in [0, 0.1) is 0 Å². The van der Waals surface area contributed by atoms with Crippen molar-refractivity contribution in [3.63, 3.8) is 0 Å². The Bertz CT molecular complexity index is 442. The lowest BCUT2D eigenvalue weighted by atomic mass is 9.94. The van der Waals surface area contributed by atoms with E-state index in [1.807, 2.05) is 0 Å². The van der Waals surface area contributed by atoms with Gasteiger partial charge >= 0.3 is 6.18 Å². The number of hydrogen-bond acceptors (Lipinski definition) is 2. The molecule has 6 heteroatoms. The zero-order valence-electron chi connectivity index (χ0n) is 10.2. The lowest BCUT2D eigenvalue weighted by Crippen LogP contribution is -2.31. The maximum atomic E-state index is 12.6. The number of halogens is 4. The van der Waals surface area contributed by atoms with Gasteiger partial charge in [0, 0.05) is 6.04 Å². The highest BCUT2D eigenvalue weighted by molar-refractivity contribution is 6.32. The van der Waals surface area contributed by atoms with Gasteiger partial charge < -0.3 is 10.5 Å². The number of hydrogen-bond donors (Lipinski definition) is 1. The molecule has 1 fully saturated rings. The average molecular weight is 294 g/mol. The van der Waals surface area contributed by atoms with Gasteiger partial charge in [0.05, 0.1) is 16.7 Å². The molecule has 1 aliphatic carbocycles. The molecule has 0 radical (unpaired) electrons. The van der Waals surface area contributed by atoms with Gasteiger partial charge in [-0.05, 0) is 43.9 Å². The molecule has 2 rings (SSSR count). The lowest BCUT2D eigenvalue weighted by molar-refractivity contribution is -0.137. The molecule has 106 valence electrons. The van der Waals surface area contributed by atoms with Gasteiger partial charge in [-0.3, -0.25) is 0 Å². The van der Waals surface area contributed by atoms with Crippen molar-refractivity contribution >= 4 is 11.6 Å². The monoisotopic (exact) mass is 293 g/mol. The first kappa shape index (κ1) is 14.5. The highest BCUT2D eigenvalue weighted by Gasteiger charge is 2.31. The number of nitrogens with two attached hydrogens (primary N) is 1. The van der Waals surface area contributed by atoms with Gasteiger partial charge in [0.25, 0.3) is 0 Å². The van der Waals surface area contributed by atoms with E-state index in [1.54, 1.807) is 0 Å². The molecular weight excluding hydrogens is 279 g/mol. The van der Waals surface area contributed by atoms with E-state index >= 15 is 0 Å². The van der Waals surface area contributed by atoms with Crippen LogP contribution in [0.3, 0.4) is 0 Å². The van der Waals surface area contributed by atoms with Gasteiger partial charge in [0.15, 0.2) is 0 Å². The van der Waals surface area contributed by atoms with Crippen LogP contribution in [0.25, 0.3) is 0 Å². The van der Waals surface area contributed by atoms with E-state index in [-0.39, 0.29) is 22.9 Å². The summed E-state index contributed by atoms with van der Waals surface area (Å²) in [6, 6.07) is 3.29. The van der Waals surface area contributed by atoms with E-state index in [9.17, 15) is 13.2 Å². The van der Waals surface area contributed by atoms with Crippen molar-refractivity contribution in [2.24, 2.45) is 5.73 Å². The van der Waals surface area contributed by atoms with E-state index in [0.717, 1.165) is 37.8 Å². The van der Waals surface area contributed by atoms with Gasteiger partial charge in [-0.1, -0.05) is 11.6 Å². The molecule has 0 spiro atoms. The van der Waals surface area contributed by atoms with Crippen molar-refractivity contribution in [3.8, 4) is 5.75 Å². The third kappa shape index (κ3) is 3.76. The van der Waals surface area contributed by atoms with Crippen molar-refractivity contribution in [2.45, 2.75) is 44.0 Å². The highest BCUT2D eigenvalue weighted by atomic mass is 35.5. The number of benzene rings is 1. The smallest absolute Gasteiger partial charge is 0.416 e. The number of alkyl halides is 3. The molecule has 2 N–H and O–H groups in total. The first-order valence-electron chi connectivity index (χ1n) is 6.15. The van der Waals surface area contributed by atoms with Crippen molar-refractivity contribution in [1.29, 1.82) is 0 Å². The van der Waals surface area contributed by atoms with Crippen LogP contribution in [-0.2, 0) is 6.18 Å². The largest absolute Gasteiger partial charge is 0.489 e. The van der Waals surface area contributed by atoms with Gasteiger partial charge in [0.2, 0.25) is 0 Å². The van der Waals surface area contributed by atoms with Gasteiger partial charge in [-0.2, -0.15) is 13.2 Å². The first-order valence-corrected chi connectivity index (χ1v) is 6.53. The SMILES string of the molecule is NC1CCC(Oc2cc(C(F)(F)F)ccc2Cl)CC1. The topological polar surface area (TPSA) is 35.2 Å². The second-order valence-corrected chi connectivity index (χ2v) is 5.20. The third-order valence-corrected chi connectivity index (χ3v) is 3.58. The predicted octanol–water partition coefficient (Wildman–Crippen LogP) is 4.01.